The summed E-state index contributed by atoms with van der Waals surface area (Å²) in [6.45, 7) is 6.26. The number of piperidine rings is 1. The third-order valence-electron chi connectivity index (χ3n) is 4.57. The number of amides is 1. The van der Waals surface area contributed by atoms with Crippen molar-refractivity contribution in [1.82, 2.24) is 20.0 Å². The van der Waals surface area contributed by atoms with Crippen LogP contribution in [0.25, 0.3) is 0 Å². The Hall–Kier alpha value is -1.07. The van der Waals surface area contributed by atoms with E-state index in [9.17, 15) is 4.79 Å². The standard InChI is InChI=1S/C16H27ClN4O/c1-12-16(17)13(2)21(19-12)11-9-18-15(22)8-7-14-6-4-5-10-20(14)3/h14H,4-11H2,1-3H3,(H,18,22)/t14-/m1/s1. The zero-order chi connectivity index (χ0) is 16.1. The van der Waals surface area contributed by atoms with Crippen molar-refractivity contribution in [3.8, 4) is 0 Å². The maximum absolute atomic E-state index is 12.0. The van der Waals surface area contributed by atoms with Crippen molar-refractivity contribution in [1.29, 1.82) is 0 Å². The molecule has 2 heterocycles. The number of aryl methyl sites for hydroxylation is 1. The van der Waals surface area contributed by atoms with Gasteiger partial charge in [-0.1, -0.05) is 18.0 Å². The van der Waals surface area contributed by atoms with Gasteiger partial charge in [0.15, 0.2) is 0 Å². The topological polar surface area (TPSA) is 50.2 Å². The minimum atomic E-state index is 0.131. The van der Waals surface area contributed by atoms with Crippen molar-refractivity contribution < 1.29 is 4.79 Å². The SMILES string of the molecule is Cc1nn(CCNC(=O)CC[C@H]2CCCCN2C)c(C)c1Cl. The largest absolute Gasteiger partial charge is 0.354 e. The first-order chi connectivity index (χ1) is 10.5. The first-order valence-corrected chi connectivity index (χ1v) is 8.53. The lowest BCUT2D eigenvalue weighted by Crippen LogP contribution is -2.37. The first kappa shape index (κ1) is 17.3. The molecule has 124 valence electrons. The number of halogens is 1. The molecule has 2 rings (SSSR count). The van der Waals surface area contributed by atoms with Crippen LogP contribution in [0.1, 0.15) is 43.5 Å². The van der Waals surface area contributed by atoms with E-state index >= 15 is 0 Å². The van der Waals surface area contributed by atoms with E-state index < -0.39 is 0 Å². The molecule has 0 bridgehead atoms. The molecular formula is C16H27ClN4O. The molecule has 6 heteroatoms. The fourth-order valence-corrected chi connectivity index (χ4v) is 3.22. The Kier molecular flexibility index (Phi) is 6.26. The van der Waals surface area contributed by atoms with Gasteiger partial charge in [0.05, 0.1) is 23.0 Å². The molecule has 1 aromatic rings. The van der Waals surface area contributed by atoms with Crippen LogP contribution in [0.5, 0.6) is 0 Å². The Bertz CT molecular complexity index is 514. The molecule has 1 N–H and O–H groups in total. The summed E-state index contributed by atoms with van der Waals surface area (Å²) in [7, 11) is 2.16. The van der Waals surface area contributed by atoms with Crippen LogP contribution in [0.4, 0.5) is 0 Å². The number of nitrogens with one attached hydrogen (secondary N) is 1. The fraction of sp³-hybridized carbons (Fsp3) is 0.750. The quantitative estimate of drug-likeness (QED) is 0.874. The molecule has 0 saturated carbocycles. The number of nitrogens with zero attached hydrogens (tertiary/aromatic N) is 3. The maximum Gasteiger partial charge on any atom is 0.220 e. The van der Waals surface area contributed by atoms with Gasteiger partial charge < -0.3 is 10.2 Å². The van der Waals surface area contributed by atoms with E-state index in [4.69, 9.17) is 11.6 Å². The van der Waals surface area contributed by atoms with Gasteiger partial charge in [-0.15, -0.1) is 0 Å². The van der Waals surface area contributed by atoms with Crippen LogP contribution in [-0.2, 0) is 11.3 Å². The van der Waals surface area contributed by atoms with Crippen LogP contribution in [0.2, 0.25) is 5.02 Å². The molecule has 0 unspecified atom stereocenters. The average molecular weight is 327 g/mol. The lowest BCUT2D eigenvalue weighted by atomic mass is 9.98. The summed E-state index contributed by atoms with van der Waals surface area (Å²) in [6, 6.07) is 0.564. The second kappa shape index (κ2) is 7.97. The summed E-state index contributed by atoms with van der Waals surface area (Å²) >= 11 is 6.11. The van der Waals surface area contributed by atoms with E-state index in [0.29, 0.717) is 30.6 Å². The van der Waals surface area contributed by atoms with Crippen molar-refractivity contribution in [2.45, 2.75) is 58.5 Å². The molecule has 22 heavy (non-hydrogen) atoms. The molecule has 1 fully saturated rings. The average Bonchev–Trinajstić information content (AvgIpc) is 2.74. The van der Waals surface area contributed by atoms with Gasteiger partial charge in [0, 0.05) is 19.0 Å². The van der Waals surface area contributed by atoms with Gasteiger partial charge >= 0.3 is 0 Å². The molecule has 0 aromatic carbocycles. The monoisotopic (exact) mass is 326 g/mol. The normalized spacial score (nSPS) is 19.4. The Morgan fingerprint density at radius 1 is 1.41 bits per heavy atom. The number of carbonyl (C=O) groups excluding carboxylic acids is 1. The molecule has 1 aromatic heterocycles. The number of rotatable bonds is 6. The second-order valence-corrected chi connectivity index (χ2v) is 6.60. The van der Waals surface area contributed by atoms with E-state index in [1.165, 1.54) is 19.3 Å². The number of hydrogen-bond donors (Lipinski definition) is 1. The summed E-state index contributed by atoms with van der Waals surface area (Å²) in [6.07, 6.45) is 5.34. The lowest BCUT2D eigenvalue weighted by molar-refractivity contribution is -0.121. The highest BCUT2D eigenvalue weighted by atomic mass is 35.5. The molecule has 0 aliphatic carbocycles. The van der Waals surface area contributed by atoms with Gasteiger partial charge in [-0.25, -0.2) is 0 Å². The van der Waals surface area contributed by atoms with Gasteiger partial charge in [0.1, 0.15) is 0 Å². The van der Waals surface area contributed by atoms with Crippen molar-refractivity contribution >= 4 is 17.5 Å². The summed E-state index contributed by atoms with van der Waals surface area (Å²) < 4.78 is 1.85. The second-order valence-electron chi connectivity index (χ2n) is 6.23. The minimum absolute atomic E-state index is 0.131. The van der Waals surface area contributed by atoms with Crippen molar-refractivity contribution in [2.24, 2.45) is 0 Å². The van der Waals surface area contributed by atoms with Gasteiger partial charge in [-0.3, -0.25) is 9.48 Å². The highest BCUT2D eigenvalue weighted by Gasteiger charge is 2.19. The first-order valence-electron chi connectivity index (χ1n) is 8.15. The minimum Gasteiger partial charge on any atom is -0.354 e. The number of carbonyl (C=O) groups is 1. The molecule has 1 atom stereocenters. The molecule has 1 aliphatic rings. The Balaban J connectivity index is 1.68. The zero-order valence-electron chi connectivity index (χ0n) is 13.9. The third-order valence-corrected chi connectivity index (χ3v) is 5.11. The Morgan fingerprint density at radius 2 is 2.18 bits per heavy atom. The van der Waals surface area contributed by atoms with E-state index in [1.54, 1.807) is 0 Å². The molecule has 1 amide bonds. The Morgan fingerprint density at radius 3 is 2.82 bits per heavy atom. The van der Waals surface area contributed by atoms with Crippen LogP contribution >= 0.6 is 11.6 Å². The van der Waals surface area contributed by atoms with E-state index in [0.717, 1.165) is 24.4 Å². The molecule has 0 spiro atoms. The van der Waals surface area contributed by atoms with Crippen LogP contribution < -0.4 is 5.32 Å². The van der Waals surface area contributed by atoms with Crippen LogP contribution in [0, 0.1) is 13.8 Å². The predicted octanol–water partition coefficient (Wildman–Crippen LogP) is 2.53. The van der Waals surface area contributed by atoms with Crippen molar-refractivity contribution in [3.63, 3.8) is 0 Å². The molecule has 5 nitrogen and oxygen atoms in total. The molecule has 0 radical (unpaired) electrons. The van der Waals surface area contributed by atoms with Gasteiger partial charge in [0.25, 0.3) is 0 Å². The van der Waals surface area contributed by atoms with Gasteiger partial charge in [-0.2, -0.15) is 5.10 Å². The lowest BCUT2D eigenvalue weighted by Gasteiger charge is -2.32. The summed E-state index contributed by atoms with van der Waals surface area (Å²) in [4.78, 5) is 14.3. The van der Waals surface area contributed by atoms with Gasteiger partial charge in [-0.05, 0) is 46.7 Å². The highest BCUT2D eigenvalue weighted by molar-refractivity contribution is 6.31. The molecule has 1 saturated heterocycles. The van der Waals surface area contributed by atoms with E-state index in [2.05, 4.69) is 22.4 Å². The predicted molar refractivity (Wildman–Crippen MR) is 89.2 cm³/mol. The number of likely N-dealkylation sites (tertiary alicyclic amines) is 1. The molecular weight excluding hydrogens is 300 g/mol. The van der Waals surface area contributed by atoms with Crippen LogP contribution in [0.3, 0.4) is 0 Å². The van der Waals surface area contributed by atoms with Crippen LogP contribution in [-0.4, -0.2) is 46.8 Å². The van der Waals surface area contributed by atoms with Crippen molar-refractivity contribution in [3.05, 3.63) is 16.4 Å². The zero-order valence-corrected chi connectivity index (χ0v) is 14.6. The van der Waals surface area contributed by atoms with E-state index in [-0.39, 0.29) is 5.91 Å². The summed E-state index contributed by atoms with van der Waals surface area (Å²) in [5.41, 5.74) is 1.79. The molecule has 1 aliphatic heterocycles. The van der Waals surface area contributed by atoms with E-state index in [1.807, 2.05) is 18.5 Å². The smallest absolute Gasteiger partial charge is 0.220 e. The van der Waals surface area contributed by atoms with Gasteiger partial charge in [0.2, 0.25) is 5.91 Å². The number of aromatic nitrogens is 2. The third kappa shape index (κ3) is 4.46. The fourth-order valence-electron chi connectivity index (χ4n) is 3.09. The summed E-state index contributed by atoms with van der Waals surface area (Å²) in [5, 5.41) is 8.06. The maximum atomic E-state index is 12.0. The number of hydrogen-bond acceptors (Lipinski definition) is 3. The summed E-state index contributed by atoms with van der Waals surface area (Å²) in [5.74, 6) is 0.131. The van der Waals surface area contributed by atoms with Crippen LogP contribution in [0.15, 0.2) is 0 Å². The Labute approximate surface area is 138 Å². The highest BCUT2D eigenvalue weighted by Crippen LogP contribution is 2.19. The van der Waals surface area contributed by atoms with Crippen molar-refractivity contribution in [2.75, 3.05) is 20.1 Å².